The molecule has 0 spiro atoms. The van der Waals surface area contributed by atoms with Crippen molar-refractivity contribution in [3.05, 3.63) is 138 Å². The van der Waals surface area contributed by atoms with Crippen molar-refractivity contribution in [1.29, 1.82) is 0 Å². The minimum absolute atomic E-state index is 0.0528. The zero-order valence-corrected chi connectivity index (χ0v) is 34.3. The van der Waals surface area contributed by atoms with E-state index in [1.54, 1.807) is 24.5 Å². The normalized spacial score (nSPS) is 13.6. The summed E-state index contributed by atoms with van der Waals surface area (Å²) in [5.41, 5.74) is 16.7. The van der Waals surface area contributed by atoms with E-state index in [1.807, 2.05) is 78.9 Å². The minimum Gasteiger partial charge on any atom is -0.508 e. The van der Waals surface area contributed by atoms with Crippen LogP contribution in [0.3, 0.4) is 0 Å². The summed E-state index contributed by atoms with van der Waals surface area (Å²) in [5, 5.41) is 29.4. The van der Waals surface area contributed by atoms with E-state index in [2.05, 4.69) is 31.2 Å². The SMILES string of the molecule is C[C@H](NC(=O)[C@@H](Cc1c[nH]c2ccccc12)NC(=O)[C@@H](N)Cc1ccc(O)cc1)C(=O)N[C@@H](Cc1c[nH]c2ccccc12)C(=O)N[C@H](Cc1ccccc1)C(N)=O.O=C(O)C(F)(F)F. The van der Waals surface area contributed by atoms with Crippen LogP contribution in [0.25, 0.3) is 21.8 Å². The lowest BCUT2D eigenvalue weighted by atomic mass is 10.0. The fraction of sp³-hybridized carbons (Fsp3) is 0.244. The van der Waals surface area contributed by atoms with Crippen molar-refractivity contribution < 1.29 is 52.2 Å². The number of carbonyl (C=O) groups is 6. The molecule has 16 nitrogen and oxygen atoms in total. The summed E-state index contributed by atoms with van der Waals surface area (Å²) in [6.07, 6.45) is -1.16. The lowest BCUT2D eigenvalue weighted by Crippen LogP contribution is -2.59. The molecular weight excluding hydrogens is 838 g/mol. The number of aromatic amines is 2. The lowest BCUT2D eigenvalue weighted by molar-refractivity contribution is -0.192. The summed E-state index contributed by atoms with van der Waals surface area (Å²) in [7, 11) is 0. The Labute approximate surface area is 364 Å². The number of aliphatic carboxylic acids is 1. The van der Waals surface area contributed by atoms with Crippen LogP contribution in [0.15, 0.2) is 116 Å². The summed E-state index contributed by atoms with van der Waals surface area (Å²) in [6, 6.07) is 24.9. The van der Waals surface area contributed by atoms with E-state index >= 15 is 0 Å². The molecule has 4 aromatic carbocycles. The Balaban J connectivity index is 0.00000102. The third-order valence-electron chi connectivity index (χ3n) is 10.1. The molecule has 6 aromatic rings. The molecule has 2 heterocycles. The highest BCUT2D eigenvalue weighted by atomic mass is 19.4. The van der Waals surface area contributed by atoms with Crippen LogP contribution in [0.5, 0.6) is 5.75 Å². The third-order valence-corrected chi connectivity index (χ3v) is 10.1. The summed E-state index contributed by atoms with van der Waals surface area (Å²) >= 11 is 0. The molecule has 0 aliphatic rings. The number of carboxylic acid groups (broad SMARTS) is 1. The van der Waals surface area contributed by atoms with Gasteiger partial charge < -0.3 is 52.9 Å². The molecule has 0 saturated carbocycles. The van der Waals surface area contributed by atoms with Crippen LogP contribution in [0.2, 0.25) is 0 Å². The van der Waals surface area contributed by atoms with E-state index in [1.165, 1.54) is 19.1 Å². The molecule has 0 fully saturated rings. The van der Waals surface area contributed by atoms with Gasteiger partial charge in [-0.2, -0.15) is 13.2 Å². The van der Waals surface area contributed by atoms with Crippen molar-refractivity contribution in [2.24, 2.45) is 11.5 Å². The van der Waals surface area contributed by atoms with Crippen molar-refractivity contribution in [3.63, 3.8) is 0 Å². The number of carboxylic acids is 1. The highest BCUT2D eigenvalue weighted by Gasteiger charge is 2.38. The van der Waals surface area contributed by atoms with E-state index in [-0.39, 0.29) is 31.4 Å². The maximum atomic E-state index is 14.0. The van der Waals surface area contributed by atoms with Crippen molar-refractivity contribution in [1.82, 2.24) is 31.2 Å². The molecule has 0 aliphatic heterocycles. The van der Waals surface area contributed by atoms with Gasteiger partial charge >= 0.3 is 12.1 Å². The van der Waals surface area contributed by atoms with Crippen LogP contribution < -0.4 is 32.7 Å². The number of phenolic OH excluding ortho intramolecular Hbond substituents is 1. The van der Waals surface area contributed by atoms with Crippen molar-refractivity contribution in [2.75, 3.05) is 0 Å². The number of hydrogen-bond donors (Lipinski definition) is 10. The number of para-hydroxylation sites is 2. The summed E-state index contributed by atoms with van der Waals surface area (Å²) < 4.78 is 31.7. The molecule has 5 atom stereocenters. The largest absolute Gasteiger partial charge is 0.508 e. The summed E-state index contributed by atoms with van der Waals surface area (Å²) in [6.45, 7) is 1.47. The second kappa shape index (κ2) is 21.4. The average Bonchev–Trinajstić information content (AvgIpc) is 3.87. The number of carbonyl (C=O) groups excluding carboxylic acids is 5. The standard InChI is InChI=1S/C43H46N8O6.C2HF3O2/c1-25(48-42(56)37(21-28-23-46-34-13-7-5-11-31(28)34)51-41(55)33(44)19-27-15-17-30(52)18-16-27)40(54)50-38(22-29-24-47-35-14-8-6-12-32(29)35)43(57)49-36(39(45)53)20-26-9-3-2-4-10-26;3-2(4,5)1(6)7/h2-18,23-25,33,36-38,46-47,52H,19-22,44H2,1H3,(H2,45,53)(H,48,56)(H,49,57)(H,50,54)(H,51,55);(H,6,7)/t25-,33-,36+,37+,38-;/m0./s1. The molecule has 0 bridgehead atoms. The number of aromatic hydroxyl groups is 1. The molecule has 2 aromatic heterocycles. The molecule has 64 heavy (non-hydrogen) atoms. The van der Waals surface area contributed by atoms with Crippen LogP contribution in [-0.2, 0) is 54.5 Å². The number of primary amides is 1. The number of aromatic nitrogens is 2. The van der Waals surface area contributed by atoms with Gasteiger partial charge in [0.15, 0.2) is 0 Å². The average molecular weight is 885 g/mol. The van der Waals surface area contributed by atoms with Gasteiger partial charge in [-0.05, 0) is 59.9 Å². The van der Waals surface area contributed by atoms with Gasteiger partial charge in [-0.25, -0.2) is 4.79 Å². The molecule has 19 heteroatoms. The number of amides is 5. The van der Waals surface area contributed by atoms with Gasteiger partial charge in [0.2, 0.25) is 29.5 Å². The van der Waals surface area contributed by atoms with Crippen LogP contribution in [0, 0.1) is 0 Å². The number of fused-ring (bicyclic) bond motifs is 2. The fourth-order valence-electron chi connectivity index (χ4n) is 6.74. The minimum atomic E-state index is -5.08. The van der Waals surface area contributed by atoms with Crippen LogP contribution in [-0.4, -0.2) is 92.1 Å². The van der Waals surface area contributed by atoms with Gasteiger partial charge in [0, 0.05) is 53.5 Å². The van der Waals surface area contributed by atoms with Gasteiger partial charge in [0.1, 0.15) is 29.9 Å². The first-order chi connectivity index (χ1) is 30.4. The van der Waals surface area contributed by atoms with E-state index < -0.39 is 71.9 Å². The Hall–Kier alpha value is -7.67. The topological polar surface area (TPSA) is 275 Å². The molecule has 336 valence electrons. The van der Waals surface area contributed by atoms with Crippen LogP contribution in [0.4, 0.5) is 13.2 Å². The molecule has 6 rings (SSSR count). The lowest BCUT2D eigenvalue weighted by Gasteiger charge is -2.25. The van der Waals surface area contributed by atoms with E-state index in [0.29, 0.717) is 5.56 Å². The molecule has 0 unspecified atom stereocenters. The third kappa shape index (κ3) is 13.2. The predicted molar refractivity (Wildman–Crippen MR) is 230 cm³/mol. The quantitative estimate of drug-likeness (QED) is 0.0644. The fourth-order valence-corrected chi connectivity index (χ4v) is 6.74. The first kappa shape index (κ1) is 47.4. The Morgan fingerprint density at radius 2 is 1.03 bits per heavy atom. The maximum Gasteiger partial charge on any atom is 0.490 e. The number of H-pyrrole nitrogens is 2. The van der Waals surface area contributed by atoms with Crippen molar-refractivity contribution in [2.45, 2.75) is 69.0 Å². The Kier molecular flexibility index (Phi) is 15.9. The summed E-state index contributed by atoms with van der Waals surface area (Å²) in [4.78, 5) is 82.9. The second-order valence-corrected chi connectivity index (χ2v) is 14.9. The van der Waals surface area contributed by atoms with E-state index in [0.717, 1.165) is 38.5 Å². The number of phenols is 1. The molecule has 0 radical (unpaired) electrons. The molecule has 0 aliphatic carbocycles. The van der Waals surface area contributed by atoms with E-state index in [4.69, 9.17) is 21.4 Å². The number of nitrogens with one attached hydrogen (secondary N) is 6. The number of rotatable bonds is 17. The molecule has 12 N–H and O–H groups in total. The first-order valence-corrected chi connectivity index (χ1v) is 19.9. The van der Waals surface area contributed by atoms with E-state index in [9.17, 15) is 42.3 Å². The molecular formula is C45H47F3N8O8. The number of alkyl halides is 3. The number of nitrogens with two attached hydrogens (primary N) is 2. The smallest absolute Gasteiger partial charge is 0.490 e. The maximum absolute atomic E-state index is 14.0. The van der Waals surface area contributed by atoms with Crippen molar-refractivity contribution in [3.8, 4) is 5.75 Å². The Morgan fingerprint density at radius 1 is 0.594 bits per heavy atom. The highest BCUT2D eigenvalue weighted by molar-refractivity contribution is 5.97. The van der Waals surface area contributed by atoms with Gasteiger partial charge in [-0.3, -0.25) is 24.0 Å². The molecule has 5 amide bonds. The van der Waals surface area contributed by atoms with Gasteiger partial charge in [-0.15, -0.1) is 0 Å². The monoisotopic (exact) mass is 884 g/mol. The predicted octanol–water partition coefficient (Wildman–Crippen LogP) is 3.03. The van der Waals surface area contributed by atoms with Crippen molar-refractivity contribution >= 4 is 57.3 Å². The zero-order valence-electron chi connectivity index (χ0n) is 34.3. The number of halogens is 3. The number of hydrogen-bond acceptors (Lipinski definition) is 8. The zero-order chi connectivity index (χ0) is 46.6. The number of benzene rings is 4. The van der Waals surface area contributed by atoms with Gasteiger partial charge in [-0.1, -0.05) is 78.9 Å². The van der Waals surface area contributed by atoms with Crippen LogP contribution >= 0.6 is 0 Å². The second-order valence-electron chi connectivity index (χ2n) is 14.9. The van der Waals surface area contributed by atoms with Gasteiger partial charge in [0.05, 0.1) is 6.04 Å². The van der Waals surface area contributed by atoms with Gasteiger partial charge in [0.25, 0.3) is 0 Å². The Morgan fingerprint density at radius 3 is 1.53 bits per heavy atom. The molecule has 0 saturated heterocycles. The highest BCUT2D eigenvalue weighted by Crippen LogP contribution is 2.21. The first-order valence-electron chi connectivity index (χ1n) is 19.9. The Bertz CT molecular complexity index is 2580. The van der Waals surface area contributed by atoms with Crippen LogP contribution in [0.1, 0.15) is 29.2 Å². The summed E-state index contributed by atoms with van der Waals surface area (Å²) in [5.74, 6) is -5.98.